The molecule has 0 spiro atoms. The van der Waals surface area contributed by atoms with Crippen LogP contribution in [0.5, 0.6) is 0 Å². The fourth-order valence-corrected chi connectivity index (χ4v) is 3.27. The van der Waals surface area contributed by atoms with Crippen LogP contribution in [0.2, 0.25) is 0 Å². The summed E-state index contributed by atoms with van der Waals surface area (Å²) in [6, 6.07) is 5.72. The maximum Gasteiger partial charge on any atom is 0.265 e. The maximum atomic E-state index is 11.5. The molecule has 1 aromatic carbocycles. The molecule has 1 aliphatic rings. The summed E-state index contributed by atoms with van der Waals surface area (Å²) in [7, 11) is 0. The van der Waals surface area contributed by atoms with Crippen LogP contribution in [0, 0.1) is 0 Å². The highest BCUT2D eigenvalue weighted by Crippen LogP contribution is 2.24. The van der Waals surface area contributed by atoms with Gasteiger partial charge in [0.1, 0.15) is 0 Å². The molecule has 0 saturated carbocycles. The van der Waals surface area contributed by atoms with Crippen molar-refractivity contribution in [1.29, 1.82) is 0 Å². The van der Waals surface area contributed by atoms with E-state index in [-0.39, 0.29) is 18.6 Å². The molecular weight excluding hydrogens is 334 g/mol. The van der Waals surface area contributed by atoms with E-state index in [1.807, 2.05) is 6.07 Å². The number of aliphatic hydroxyl groups is 1. The lowest BCUT2D eigenvalue weighted by atomic mass is 10.1. The predicted molar refractivity (Wildman–Crippen MR) is 85.5 cm³/mol. The second kappa shape index (κ2) is 7.89. The van der Waals surface area contributed by atoms with Crippen LogP contribution in [0.25, 0.3) is 0 Å². The Labute approximate surface area is 133 Å². The first-order valence-corrected chi connectivity index (χ1v) is 8.09. The van der Waals surface area contributed by atoms with Gasteiger partial charge in [-0.25, -0.2) is 5.84 Å². The van der Waals surface area contributed by atoms with Crippen molar-refractivity contribution >= 4 is 21.8 Å². The lowest BCUT2D eigenvalue weighted by molar-refractivity contribution is 0.0953. The number of nitrogens with one attached hydrogen (secondary N) is 1. The smallest absolute Gasteiger partial charge is 0.265 e. The van der Waals surface area contributed by atoms with Crippen molar-refractivity contribution in [3.63, 3.8) is 0 Å². The quantitative estimate of drug-likeness (QED) is 0.437. The van der Waals surface area contributed by atoms with Gasteiger partial charge in [-0.1, -0.05) is 34.8 Å². The van der Waals surface area contributed by atoms with Gasteiger partial charge in [-0.15, -0.1) is 0 Å². The summed E-state index contributed by atoms with van der Waals surface area (Å²) in [4.78, 5) is 13.8. The van der Waals surface area contributed by atoms with E-state index in [1.54, 1.807) is 12.1 Å². The van der Waals surface area contributed by atoms with E-state index in [1.165, 1.54) is 19.3 Å². The Bertz CT molecular complexity index is 496. The van der Waals surface area contributed by atoms with E-state index in [4.69, 9.17) is 5.84 Å². The summed E-state index contributed by atoms with van der Waals surface area (Å²) >= 11 is 3.52. The van der Waals surface area contributed by atoms with Gasteiger partial charge in [-0.2, -0.15) is 0 Å². The highest BCUT2D eigenvalue weighted by molar-refractivity contribution is 9.10. The van der Waals surface area contributed by atoms with Gasteiger partial charge < -0.3 is 5.11 Å². The number of amides is 1. The van der Waals surface area contributed by atoms with Crippen LogP contribution in [0.15, 0.2) is 22.7 Å². The molecule has 1 amide bonds. The minimum atomic E-state index is -0.301. The van der Waals surface area contributed by atoms with Crippen LogP contribution in [-0.2, 0) is 6.54 Å². The number of nitrogens with zero attached hydrogens (tertiary/aromatic N) is 1. The largest absolute Gasteiger partial charge is 0.395 e. The van der Waals surface area contributed by atoms with Gasteiger partial charge in [0.05, 0.1) is 6.61 Å². The number of hydrogen-bond acceptors (Lipinski definition) is 4. The zero-order chi connectivity index (χ0) is 15.2. The van der Waals surface area contributed by atoms with E-state index >= 15 is 0 Å². The van der Waals surface area contributed by atoms with Crippen molar-refractivity contribution in [3.05, 3.63) is 33.8 Å². The van der Waals surface area contributed by atoms with E-state index in [9.17, 15) is 9.90 Å². The van der Waals surface area contributed by atoms with E-state index in [2.05, 4.69) is 26.3 Å². The molecule has 1 heterocycles. The molecule has 0 radical (unpaired) electrons. The molecule has 5 nitrogen and oxygen atoms in total. The minimum absolute atomic E-state index is 0.200. The highest BCUT2D eigenvalue weighted by atomic mass is 79.9. The molecule has 1 aliphatic heterocycles. The fourth-order valence-electron chi connectivity index (χ4n) is 2.77. The van der Waals surface area contributed by atoms with Crippen LogP contribution >= 0.6 is 15.9 Å². The SMILES string of the molecule is NNC(=O)c1ccc(CN2CCCCCC2CO)c(Br)c1. The Morgan fingerprint density at radius 1 is 1.43 bits per heavy atom. The van der Waals surface area contributed by atoms with Crippen molar-refractivity contribution in [3.8, 4) is 0 Å². The second-order valence-corrected chi connectivity index (χ2v) is 6.29. The van der Waals surface area contributed by atoms with E-state index in [0.29, 0.717) is 5.56 Å². The van der Waals surface area contributed by atoms with Gasteiger partial charge in [0, 0.05) is 22.6 Å². The Hall–Kier alpha value is -0.950. The third-order valence-corrected chi connectivity index (χ3v) is 4.77. The number of benzene rings is 1. The van der Waals surface area contributed by atoms with Gasteiger partial charge in [-0.05, 0) is 37.1 Å². The first kappa shape index (κ1) is 16.4. The van der Waals surface area contributed by atoms with Crippen LogP contribution in [-0.4, -0.2) is 35.1 Å². The summed E-state index contributed by atoms with van der Waals surface area (Å²) in [6.45, 7) is 1.98. The zero-order valence-electron chi connectivity index (χ0n) is 12.0. The van der Waals surface area contributed by atoms with Crippen molar-refractivity contribution in [2.75, 3.05) is 13.2 Å². The summed E-state index contributed by atoms with van der Waals surface area (Å²) in [6.07, 6.45) is 4.62. The molecule has 1 saturated heterocycles. The number of carbonyl (C=O) groups is 1. The molecule has 0 aliphatic carbocycles. The number of aliphatic hydroxyl groups excluding tert-OH is 1. The average Bonchev–Trinajstić information content (AvgIpc) is 2.73. The first-order chi connectivity index (χ1) is 10.2. The van der Waals surface area contributed by atoms with Crippen LogP contribution in [0.3, 0.4) is 0 Å². The molecule has 21 heavy (non-hydrogen) atoms. The molecule has 6 heteroatoms. The fraction of sp³-hybridized carbons (Fsp3) is 0.533. The van der Waals surface area contributed by atoms with Gasteiger partial charge in [0.2, 0.25) is 0 Å². The van der Waals surface area contributed by atoms with Crippen molar-refractivity contribution in [1.82, 2.24) is 10.3 Å². The van der Waals surface area contributed by atoms with Gasteiger partial charge >= 0.3 is 0 Å². The Morgan fingerprint density at radius 3 is 2.90 bits per heavy atom. The molecular formula is C15H22BrN3O2. The molecule has 0 aromatic heterocycles. The van der Waals surface area contributed by atoms with Gasteiger partial charge in [0.15, 0.2) is 0 Å². The molecule has 116 valence electrons. The topological polar surface area (TPSA) is 78.6 Å². The summed E-state index contributed by atoms with van der Waals surface area (Å²) in [5, 5.41) is 9.56. The normalized spacial score (nSPS) is 20.0. The lowest BCUT2D eigenvalue weighted by Crippen LogP contribution is -2.37. The monoisotopic (exact) mass is 355 g/mol. The average molecular weight is 356 g/mol. The molecule has 1 unspecified atom stereocenters. The summed E-state index contributed by atoms with van der Waals surface area (Å²) < 4.78 is 0.893. The molecule has 2 rings (SSSR count). The highest BCUT2D eigenvalue weighted by Gasteiger charge is 2.21. The first-order valence-electron chi connectivity index (χ1n) is 7.30. The van der Waals surface area contributed by atoms with Crippen molar-refractivity contribution < 1.29 is 9.90 Å². The minimum Gasteiger partial charge on any atom is -0.395 e. The molecule has 1 aromatic rings. The molecule has 0 bridgehead atoms. The van der Waals surface area contributed by atoms with Crippen LogP contribution in [0.4, 0.5) is 0 Å². The second-order valence-electron chi connectivity index (χ2n) is 5.44. The number of hydrazine groups is 1. The van der Waals surface area contributed by atoms with Crippen molar-refractivity contribution in [2.45, 2.75) is 38.3 Å². The standard InChI is InChI=1S/C15H22BrN3O2/c16-14-8-11(15(21)18-17)5-6-12(14)9-19-7-3-1-2-4-13(19)10-20/h5-6,8,13,20H,1-4,7,9-10,17H2,(H,18,21). The van der Waals surface area contributed by atoms with E-state index in [0.717, 1.165) is 29.5 Å². The number of nitrogens with two attached hydrogens (primary N) is 1. The number of halogens is 1. The number of carbonyl (C=O) groups excluding carboxylic acids is 1. The molecule has 1 atom stereocenters. The number of likely N-dealkylation sites (tertiary alicyclic amines) is 1. The Balaban J connectivity index is 2.12. The van der Waals surface area contributed by atoms with Gasteiger partial charge in [0.25, 0.3) is 5.91 Å². The molecule has 1 fully saturated rings. The molecule has 4 N–H and O–H groups in total. The van der Waals surface area contributed by atoms with Crippen molar-refractivity contribution in [2.24, 2.45) is 5.84 Å². The third kappa shape index (κ3) is 4.26. The Morgan fingerprint density at radius 2 is 2.24 bits per heavy atom. The summed E-state index contributed by atoms with van der Waals surface area (Å²) in [5.74, 6) is 4.84. The van der Waals surface area contributed by atoms with Gasteiger partial charge in [-0.3, -0.25) is 15.1 Å². The zero-order valence-corrected chi connectivity index (χ0v) is 13.6. The predicted octanol–water partition coefficient (Wildman–Crippen LogP) is 1.79. The number of rotatable bonds is 4. The number of nitrogen functional groups attached to an aromatic ring is 1. The maximum absolute atomic E-state index is 11.5. The lowest BCUT2D eigenvalue weighted by Gasteiger charge is -2.28. The summed E-state index contributed by atoms with van der Waals surface area (Å²) in [5.41, 5.74) is 3.78. The number of hydrogen-bond donors (Lipinski definition) is 3. The van der Waals surface area contributed by atoms with Crippen LogP contribution < -0.4 is 11.3 Å². The third-order valence-electron chi connectivity index (χ3n) is 4.03. The van der Waals surface area contributed by atoms with E-state index < -0.39 is 0 Å². The Kier molecular flexibility index (Phi) is 6.17. The van der Waals surface area contributed by atoms with Crippen LogP contribution in [0.1, 0.15) is 41.6 Å².